The fraction of sp³-hybridized carbons (Fsp3) is 0.414. The number of hydrogen-bond donors (Lipinski definition) is 1. The highest BCUT2D eigenvalue weighted by Gasteiger charge is 2.38. The average molecular weight is 653 g/mol. The van der Waals surface area contributed by atoms with Crippen LogP contribution >= 0.6 is 0 Å². The van der Waals surface area contributed by atoms with Crippen molar-refractivity contribution in [2.24, 2.45) is 0 Å². The second kappa shape index (κ2) is 13.0. The smallest absolute Gasteiger partial charge is 0.423 e. The Morgan fingerprint density at radius 2 is 1.74 bits per heavy atom. The van der Waals surface area contributed by atoms with Gasteiger partial charge in [-0.2, -0.15) is 36.5 Å². The molecule has 0 bridgehead atoms. The zero-order valence-corrected chi connectivity index (χ0v) is 24.9. The van der Waals surface area contributed by atoms with Crippen molar-refractivity contribution in [3.05, 3.63) is 87.4 Å². The molecule has 0 radical (unpaired) electrons. The van der Waals surface area contributed by atoms with Crippen molar-refractivity contribution < 1.29 is 35.8 Å². The van der Waals surface area contributed by atoms with Gasteiger partial charge in [0.05, 0.1) is 68.3 Å². The summed E-state index contributed by atoms with van der Waals surface area (Å²) < 4.78 is 94.0. The lowest BCUT2D eigenvalue weighted by Crippen LogP contribution is -2.37. The van der Waals surface area contributed by atoms with Crippen LogP contribution in [0.2, 0.25) is 0 Å². The number of hydrogen-bond acceptors (Lipinski definition) is 9. The minimum Gasteiger partial charge on any atom is -0.497 e. The van der Waals surface area contributed by atoms with Crippen LogP contribution in [0.15, 0.2) is 53.7 Å². The van der Waals surface area contributed by atoms with E-state index in [1.165, 1.54) is 7.11 Å². The predicted octanol–water partition coefficient (Wildman–Crippen LogP) is 4.92. The van der Waals surface area contributed by atoms with Gasteiger partial charge in [0.15, 0.2) is 0 Å². The zero-order chi connectivity index (χ0) is 33.2. The van der Waals surface area contributed by atoms with Crippen molar-refractivity contribution in [1.82, 2.24) is 29.5 Å². The molecule has 1 aliphatic rings. The first-order valence-electron chi connectivity index (χ1n) is 14.1. The minimum atomic E-state index is -4.93. The Morgan fingerprint density at radius 1 is 1.04 bits per heavy atom. The Bertz CT molecular complexity index is 1700. The number of nitrogens with zero attached hydrogens (tertiary/aromatic N) is 7. The van der Waals surface area contributed by atoms with E-state index in [9.17, 15) is 31.1 Å². The number of rotatable bonds is 10. The van der Waals surface area contributed by atoms with E-state index in [0.717, 1.165) is 29.0 Å². The van der Waals surface area contributed by atoms with Gasteiger partial charge in [-0.1, -0.05) is 12.1 Å². The molecular formula is C29H30F6N8O3. The molecular weight excluding hydrogens is 622 g/mol. The topological polar surface area (TPSA) is 112 Å². The van der Waals surface area contributed by atoms with Crippen molar-refractivity contribution in [2.75, 3.05) is 30.5 Å². The summed E-state index contributed by atoms with van der Waals surface area (Å²) in [7, 11) is 1.49. The van der Waals surface area contributed by atoms with E-state index in [1.807, 2.05) is 6.92 Å². The molecule has 1 aliphatic heterocycles. The van der Waals surface area contributed by atoms with Gasteiger partial charge in [0, 0.05) is 25.0 Å². The number of anilines is 2. The Labute approximate surface area is 258 Å². The monoisotopic (exact) mass is 652 g/mol. The molecule has 17 heteroatoms. The van der Waals surface area contributed by atoms with Crippen molar-refractivity contribution in [3.8, 4) is 5.75 Å². The maximum Gasteiger partial charge on any atom is 0.423 e. The Morgan fingerprint density at radius 3 is 2.37 bits per heavy atom. The van der Waals surface area contributed by atoms with Crippen LogP contribution in [-0.4, -0.2) is 55.8 Å². The molecule has 246 valence electrons. The number of benzene rings is 1. The van der Waals surface area contributed by atoms with Crippen LogP contribution in [0.5, 0.6) is 5.75 Å². The normalized spacial score (nSPS) is 15.8. The average Bonchev–Trinajstić information content (AvgIpc) is 3.41. The summed E-state index contributed by atoms with van der Waals surface area (Å²) in [5.74, 6) is 0.724. The molecule has 1 aromatic carbocycles. The Kier molecular flexibility index (Phi) is 9.23. The molecule has 2 atom stereocenters. The van der Waals surface area contributed by atoms with Crippen LogP contribution in [0.4, 0.5) is 38.0 Å². The van der Waals surface area contributed by atoms with Gasteiger partial charge in [-0.15, -0.1) is 0 Å². The highest BCUT2D eigenvalue weighted by molar-refractivity contribution is 5.50. The summed E-state index contributed by atoms with van der Waals surface area (Å²) in [5.41, 5.74) is -2.14. The minimum absolute atomic E-state index is 0.0184. The molecule has 5 rings (SSSR count). The van der Waals surface area contributed by atoms with E-state index in [2.05, 4.69) is 25.5 Å². The van der Waals surface area contributed by atoms with E-state index in [0.29, 0.717) is 30.1 Å². The summed E-state index contributed by atoms with van der Waals surface area (Å²) in [6.07, 6.45) is -7.01. The maximum atomic E-state index is 14.0. The fourth-order valence-corrected chi connectivity index (χ4v) is 5.04. The zero-order valence-electron chi connectivity index (χ0n) is 24.9. The highest BCUT2D eigenvalue weighted by Crippen LogP contribution is 2.32. The van der Waals surface area contributed by atoms with E-state index < -0.39 is 40.8 Å². The van der Waals surface area contributed by atoms with Crippen LogP contribution in [0, 0.1) is 0 Å². The van der Waals surface area contributed by atoms with Gasteiger partial charge in [0.25, 0.3) is 5.56 Å². The van der Waals surface area contributed by atoms with Gasteiger partial charge in [-0.25, -0.2) is 14.6 Å². The molecule has 0 aliphatic carbocycles. The van der Waals surface area contributed by atoms with Crippen LogP contribution in [0.25, 0.3) is 0 Å². The number of nitrogens with one attached hydrogen (secondary N) is 1. The predicted molar refractivity (Wildman–Crippen MR) is 153 cm³/mol. The SMILES string of the molecule is COc1ccc(Cn2ncc(N[C@@H](C)COCc3cc4n(n3)C(C)CN(c3ncc(C(F)(F)F)cn3)C4)c(C(F)(F)F)c2=O)cc1. The van der Waals surface area contributed by atoms with Crippen molar-refractivity contribution in [3.63, 3.8) is 0 Å². The number of methoxy groups -OCH3 is 1. The van der Waals surface area contributed by atoms with Gasteiger partial charge in [-0.05, 0) is 37.6 Å². The van der Waals surface area contributed by atoms with Gasteiger partial charge in [0.1, 0.15) is 11.3 Å². The van der Waals surface area contributed by atoms with Crippen molar-refractivity contribution in [2.45, 2.75) is 58.0 Å². The van der Waals surface area contributed by atoms with E-state index in [-0.39, 0.29) is 31.7 Å². The molecule has 4 heterocycles. The number of fused-ring (bicyclic) bond motifs is 1. The lowest BCUT2D eigenvalue weighted by atomic mass is 10.2. The van der Waals surface area contributed by atoms with Crippen LogP contribution in [-0.2, 0) is 36.8 Å². The number of ether oxygens (including phenoxy) is 2. The summed E-state index contributed by atoms with van der Waals surface area (Å²) in [6.45, 7) is 4.07. The fourth-order valence-electron chi connectivity index (χ4n) is 5.04. The van der Waals surface area contributed by atoms with Gasteiger partial charge in [0.2, 0.25) is 5.95 Å². The van der Waals surface area contributed by atoms with E-state index in [1.54, 1.807) is 46.8 Å². The molecule has 0 fully saturated rings. The summed E-state index contributed by atoms with van der Waals surface area (Å²) in [4.78, 5) is 22.4. The second-order valence-electron chi connectivity index (χ2n) is 10.9. The third-order valence-corrected chi connectivity index (χ3v) is 7.21. The lowest BCUT2D eigenvalue weighted by Gasteiger charge is -2.32. The van der Waals surface area contributed by atoms with Gasteiger partial charge in [-0.3, -0.25) is 9.48 Å². The van der Waals surface area contributed by atoms with Gasteiger partial charge >= 0.3 is 12.4 Å². The molecule has 3 aromatic heterocycles. The van der Waals surface area contributed by atoms with E-state index >= 15 is 0 Å². The molecule has 11 nitrogen and oxygen atoms in total. The maximum absolute atomic E-state index is 14.0. The van der Waals surface area contributed by atoms with Crippen LogP contribution in [0.3, 0.4) is 0 Å². The molecule has 1 N–H and O–H groups in total. The van der Waals surface area contributed by atoms with E-state index in [4.69, 9.17) is 9.47 Å². The summed E-state index contributed by atoms with van der Waals surface area (Å²) >= 11 is 0. The molecule has 0 amide bonds. The summed E-state index contributed by atoms with van der Waals surface area (Å²) in [5, 5.41) is 11.2. The molecule has 0 spiro atoms. The van der Waals surface area contributed by atoms with Gasteiger partial charge < -0.3 is 19.7 Å². The Hall–Kier alpha value is -4.67. The second-order valence-corrected chi connectivity index (χ2v) is 10.9. The summed E-state index contributed by atoms with van der Waals surface area (Å²) in [6, 6.07) is 7.52. The largest absolute Gasteiger partial charge is 0.497 e. The number of aromatic nitrogens is 6. The first-order valence-corrected chi connectivity index (χ1v) is 14.1. The first kappa shape index (κ1) is 32.7. The highest BCUT2D eigenvalue weighted by atomic mass is 19.4. The number of alkyl halides is 6. The quantitative estimate of drug-likeness (QED) is 0.239. The van der Waals surface area contributed by atoms with Crippen LogP contribution < -0.4 is 20.5 Å². The molecule has 0 saturated heterocycles. The molecule has 46 heavy (non-hydrogen) atoms. The molecule has 1 unspecified atom stereocenters. The first-order chi connectivity index (χ1) is 21.7. The van der Waals surface area contributed by atoms with Crippen molar-refractivity contribution >= 4 is 11.6 Å². The third-order valence-electron chi connectivity index (χ3n) is 7.21. The molecule has 0 saturated carbocycles. The van der Waals surface area contributed by atoms with Crippen molar-refractivity contribution in [1.29, 1.82) is 0 Å². The number of halogens is 6. The third kappa shape index (κ3) is 7.41. The molecule has 4 aromatic rings. The lowest BCUT2D eigenvalue weighted by molar-refractivity contribution is -0.139. The van der Waals surface area contributed by atoms with Crippen LogP contribution in [0.1, 0.15) is 48.0 Å². The Balaban J connectivity index is 1.20. The standard InChI is InChI=1S/C29H30F6N8O3/c1-17(39-24-11-38-42(26(44)25(24)29(33,34)35)13-19-4-6-23(45-3)7-5-19)15-46-16-21-8-22-14-41(12-18(2)43(22)40-21)27-36-9-20(10-37-27)28(30,31)32/h4-11,17-18,39H,12-16H2,1-3H3/t17-,18?/m0/s1.